The van der Waals surface area contributed by atoms with Gasteiger partial charge in [0, 0.05) is 19.2 Å². The van der Waals surface area contributed by atoms with Gasteiger partial charge in [0.15, 0.2) is 0 Å². The molecule has 6 nitrogen and oxygen atoms in total. The minimum Gasteiger partial charge on any atom is -0.497 e. The Morgan fingerprint density at radius 2 is 1.64 bits per heavy atom. The Morgan fingerprint density at radius 3 is 2.21 bits per heavy atom. The van der Waals surface area contributed by atoms with Gasteiger partial charge in [0.2, 0.25) is 5.91 Å². The molecule has 0 unspecified atom stereocenters. The molecule has 1 amide bonds. The maximum absolute atomic E-state index is 13.6. The first-order valence-electron chi connectivity index (χ1n) is 10.9. The molecular weight excluding hydrogens is 418 g/mol. The summed E-state index contributed by atoms with van der Waals surface area (Å²) in [5, 5.41) is 10.7. The van der Waals surface area contributed by atoms with Crippen molar-refractivity contribution in [3.05, 3.63) is 90.0 Å². The van der Waals surface area contributed by atoms with Crippen LogP contribution in [0.15, 0.2) is 78.9 Å². The Hall–Kier alpha value is -3.64. The normalized spacial score (nSPS) is 18.4. The number of esters is 1. The number of amides is 1. The van der Waals surface area contributed by atoms with E-state index < -0.39 is 17.5 Å². The van der Waals surface area contributed by atoms with Crippen LogP contribution in [0.1, 0.15) is 37.0 Å². The number of hydrogen-bond donors (Lipinski definition) is 1. The highest BCUT2D eigenvalue weighted by Crippen LogP contribution is 2.44. The van der Waals surface area contributed by atoms with Crippen LogP contribution in [0.5, 0.6) is 11.5 Å². The van der Waals surface area contributed by atoms with Crippen molar-refractivity contribution in [2.75, 3.05) is 18.6 Å². The van der Waals surface area contributed by atoms with Crippen molar-refractivity contribution in [3.8, 4) is 11.5 Å². The van der Waals surface area contributed by atoms with Crippen LogP contribution < -0.4 is 14.4 Å². The molecule has 1 aliphatic heterocycles. The van der Waals surface area contributed by atoms with E-state index in [1.165, 1.54) is 6.92 Å². The van der Waals surface area contributed by atoms with E-state index in [2.05, 4.69) is 0 Å². The van der Waals surface area contributed by atoms with Crippen LogP contribution in [0.4, 0.5) is 5.69 Å². The number of methoxy groups -OCH3 is 1. The first kappa shape index (κ1) is 22.6. The van der Waals surface area contributed by atoms with Crippen molar-refractivity contribution < 1.29 is 24.2 Å². The Bertz CT molecular complexity index is 1110. The van der Waals surface area contributed by atoms with Gasteiger partial charge in [-0.2, -0.15) is 0 Å². The lowest BCUT2D eigenvalue weighted by Crippen LogP contribution is -2.64. The molecule has 170 valence electrons. The maximum atomic E-state index is 13.6. The number of aliphatic hydroxyl groups is 1. The van der Waals surface area contributed by atoms with E-state index in [1.54, 1.807) is 24.1 Å². The minimum absolute atomic E-state index is 0.0202. The number of carbonyl (C=O) groups excluding carboxylic acids is 2. The summed E-state index contributed by atoms with van der Waals surface area (Å²) in [7, 11) is 1.60. The van der Waals surface area contributed by atoms with Gasteiger partial charge in [-0.05, 0) is 60.4 Å². The Labute approximate surface area is 193 Å². The first-order chi connectivity index (χ1) is 15.9. The number of β-lactam (4-membered cyclic amide) rings is 1. The Morgan fingerprint density at radius 1 is 1.00 bits per heavy atom. The quantitative estimate of drug-likeness (QED) is 0.316. The molecule has 1 heterocycles. The molecule has 0 spiro atoms. The van der Waals surface area contributed by atoms with Crippen molar-refractivity contribution in [2.45, 2.75) is 31.3 Å². The number of carbonyl (C=O) groups is 2. The highest BCUT2D eigenvalue weighted by Gasteiger charge is 2.53. The molecule has 33 heavy (non-hydrogen) atoms. The topological polar surface area (TPSA) is 76.1 Å². The highest BCUT2D eigenvalue weighted by atomic mass is 16.5. The van der Waals surface area contributed by atoms with Crippen molar-refractivity contribution in [1.29, 1.82) is 0 Å². The molecule has 0 saturated carbocycles. The highest BCUT2D eigenvalue weighted by molar-refractivity contribution is 6.08. The van der Waals surface area contributed by atoms with E-state index in [4.69, 9.17) is 9.47 Å². The van der Waals surface area contributed by atoms with Crippen molar-refractivity contribution in [1.82, 2.24) is 0 Å². The molecule has 1 saturated heterocycles. The second kappa shape index (κ2) is 9.46. The number of hydrogen-bond acceptors (Lipinski definition) is 5. The average molecular weight is 446 g/mol. The summed E-state index contributed by atoms with van der Waals surface area (Å²) in [6.45, 7) is 1.84. The van der Waals surface area contributed by atoms with E-state index in [1.807, 2.05) is 66.7 Å². The fraction of sp³-hybridized carbons (Fsp3) is 0.259. The average Bonchev–Trinajstić information content (AvgIpc) is 2.84. The maximum Gasteiger partial charge on any atom is 0.308 e. The van der Waals surface area contributed by atoms with Crippen LogP contribution in [-0.4, -0.2) is 30.6 Å². The second-order valence-corrected chi connectivity index (χ2v) is 8.25. The van der Waals surface area contributed by atoms with Crippen LogP contribution in [0.2, 0.25) is 0 Å². The minimum atomic E-state index is -0.759. The molecular formula is C27H27NO5. The van der Waals surface area contributed by atoms with Gasteiger partial charge >= 0.3 is 5.97 Å². The molecule has 6 heteroatoms. The van der Waals surface area contributed by atoms with E-state index in [0.29, 0.717) is 25.1 Å². The van der Waals surface area contributed by atoms with Gasteiger partial charge in [-0.15, -0.1) is 0 Å². The fourth-order valence-electron chi connectivity index (χ4n) is 4.33. The number of ether oxygens (including phenoxy) is 2. The van der Waals surface area contributed by atoms with Gasteiger partial charge in [-0.3, -0.25) is 9.59 Å². The predicted molar refractivity (Wildman–Crippen MR) is 125 cm³/mol. The summed E-state index contributed by atoms with van der Waals surface area (Å²) < 4.78 is 10.4. The summed E-state index contributed by atoms with van der Waals surface area (Å²) in [5.41, 5.74) is 1.71. The van der Waals surface area contributed by atoms with Crippen LogP contribution in [0, 0.1) is 0 Å². The number of benzene rings is 3. The zero-order valence-electron chi connectivity index (χ0n) is 18.7. The van der Waals surface area contributed by atoms with E-state index >= 15 is 0 Å². The summed E-state index contributed by atoms with van der Waals surface area (Å²) in [5.74, 6) is 0.747. The molecule has 1 N–H and O–H groups in total. The zero-order chi connectivity index (χ0) is 23.4. The molecule has 1 aliphatic rings. The predicted octanol–water partition coefficient (Wildman–Crippen LogP) is 4.42. The lowest BCUT2D eigenvalue weighted by molar-refractivity contribution is -0.132. The molecule has 0 aromatic heterocycles. The van der Waals surface area contributed by atoms with Gasteiger partial charge in [0.25, 0.3) is 0 Å². The fourth-order valence-corrected chi connectivity index (χ4v) is 4.33. The van der Waals surface area contributed by atoms with Crippen LogP contribution in [0.25, 0.3) is 0 Å². The molecule has 1 fully saturated rings. The Balaban J connectivity index is 1.58. The molecule has 4 rings (SSSR count). The van der Waals surface area contributed by atoms with Crippen molar-refractivity contribution >= 4 is 17.6 Å². The van der Waals surface area contributed by atoms with Crippen LogP contribution in [0.3, 0.4) is 0 Å². The zero-order valence-corrected chi connectivity index (χ0v) is 18.7. The summed E-state index contributed by atoms with van der Waals surface area (Å²) >= 11 is 0. The second-order valence-electron chi connectivity index (χ2n) is 8.25. The number of anilines is 1. The summed E-state index contributed by atoms with van der Waals surface area (Å²) in [4.78, 5) is 26.6. The third-order valence-electron chi connectivity index (χ3n) is 6.16. The molecule has 0 aliphatic carbocycles. The van der Waals surface area contributed by atoms with Crippen LogP contribution >= 0.6 is 0 Å². The summed E-state index contributed by atoms with van der Waals surface area (Å²) in [6.07, 6.45) is 0.269. The molecule has 2 atom stereocenters. The first-order valence-corrected chi connectivity index (χ1v) is 10.9. The number of rotatable bonds is 8. The third-order valence-corrected chi connectivity index (χ3v) is 6.16. The SMILES string of the molecule is COc1ccc(N2C[C@@](CC[C@@H](O)c3ccccc3)(c3ccc(OC(C)=O)cc3)C2=O)cc1. The molecule has 3 aromatic rings. The molecule has 0 radical (unpaired) electrons. The third kappa shape index (κ3) is 4.61. The lowest BCUT2D eigenvalue weighted by Gasteiger charge is -2.49. The van der Waals surface area contributed by atoms with Gasteiger partial charge in [0.05, 0.1) is 18.6 Å². The smallest absolute Gasteiger partial charge is 0.308 e. The lowest BCUT2D eigenvalue weighted by atomic mass is 9.68. The standard InChI is InChI=1S/C27H27NO5/c1-19(29)33-24-12-8-21(9-13-24)27(17-16-25(30)20-6-4-3-5-7-20)18-28(26(27)31)22-10-14-23(32-2)15-11-22/h3-15,25,30H,16-18H2,1-2H3/t25-,27+/m1/s1. The van der Waals surface area contributed by atoms with Gasteiger partial charge in [-0.25, -0.2) is 0 Å². The van der Waals surface area contributed by atoms with Gasteiger partial charge < -0.3 is 19.5 Å². The van der Waals surface area contributed by atoms with E-state index in [9.17, 15) is 14.7 Å². The number of nitrogens with zero attached hydrogens (tertiary/aromatic N) is 1. The molecule has 3 aromatic carbocycles. The monoisotopic (exact) mass is 445 g/mol. The largest absolute Gasteiger partial charge is 0.497 e. The Kier molecular flexibility index (Phi) is 6.47. The van der Waals surface area contributed by atoms with Crippen molar-refractivity contribution in [2.24, 2.45) is 0 Å². The number of aliphatic hydroxyl groups excluding tert-OH is 1. The van der Waals surface area contributed by atoms with Gasteiger partial charge in [0.1, 0.15) is 11.5 Å². The van der Waals surface area contributed by atoms with E-state index in [-0.39, 0.29) is 5.91 Å². The van der Waals surface area contributed by atoms with Gasteiger partial charge in [-0.1, -0.05) is 42.5 Å². The summed E-state index contributed by atoms with van der Waals surface area (Å²) in [6, 6.07) is 23.9. The van der Waals surface area contributed by atoms with E-state index in [0.717, 1.165) is 22.6 Å². The van der Waals surface area contributed by atoms with Crippen molar-refractivity contribution in [3.63, 3.8) is 0 Å². The molecule has 0 bridgehead atoms. The van der Waals surface area contributed by atoms with Crippen LogP contribution in [-0.2, 0) is 15.0 Å².